The van der Waals surface area contributed by atoms with Crippen LogP contribution in [-0.4, -0.2) is 9.49 Å². The first-order valence-corrected chi connectivity index (χ1v) is 5.74. The van der Waals surface area contributed by atoms with Gasteiger partial charge in [-0.1, -0.05) is 0 Å². The summed E-state index contributed by atoms with van der Waals surface area (Å²) in [6.45, 7) is 0.324. The van der Waals surface area contributed by atoms with E-state index >= 15 is 0 Å². The summed E-state index contributed by atoms with van der Waals surface area (Å²) >= 11 is 0. The fraction of sp³-hybridized carbons (Fsp3) is 0.154. The quantitative estimate of drug-likeness (QED) is 0.686. The second-order valence-electron chi connectivity index (χ2n) is 4.23. The lowest BCUT2D eigenvalue weighted by Crippen LogP contribution is -2.01. The molecule has 0 aliphatic rings. The average molecular weight is 274 g/mol. The van der Waals surface area contributed by atoms with Gasteiger partial charge in [0, 0.05) is 25.9 Å². The molecule has 0 saturated heterocycles. The number of halogens is 1. The van der Waals surface area contributed by atoms with Gasteiger partial charge in [0.05, 0.1) is 16.7 Å². The van der Waals surface area contributed by atoms with Crippen LogP contribution in [0, 0.1) is 27.3 Å². The van der Waals surface area contributed by atoms with Crippen molar-refractivity contribution in [2.24, 2.45) is 7.05 Å². The Morgan fingerprint density at radius 1 is 1.50 bits per heavy atom. The summed E-state index contributed by atoms with van der Waals surface area (Å²) in [6, 6.07) is 7.15. The first-order chi connectivity index (χ1) is 9.51. The first kappa shape index (κ1) is 13.5. The van der Waals surface area contributed by atoms with Crippen molar-refractivity contribution in [1.82, 2.24) is 4.57 Å². The maximum atomic E-state index is 13.6. The van der Waals surface area contributed by atoms with Crippen LogP contribution in [0.2, 0.25) is 0 Å². The van der Waals surface area contributed by atoms with Crippen molar-refractivity contribution in [1.29, 1.82) is 5.26 Å². The predicted molar refractivity (Wildman–Crippen MR) is 70.5 cm³/mol. The third-order valence-electron chi connectivity index (χ3n) is 2.82. The number of nitrogens with zero attached hydrogens (tertiary/aromatic N) is 3. The minimum Gasteiger partial charge on any atom is -0.379 e. The number of aromatic nitrogens is 1. The molecule has 0 amide bonds. The van der Waals surface area contributed by atoms with Gasteiger partial charge in [0.15, 0.2) is 5.82 Å². The van der Waals surface area contributed by atoms with Gasteiger partial charge < -0.3 is 9.88 Å². The molecule has 1 heterocycles. The van der Waals surface area contributed by atoms with Crippen LogP contribution in [0.3, 0.4) is 0 Å². The summed E-state index contributed by atoms with van der Waals surface area (Å²) < 4.78 is 15.3. The second kappa shape index (κ2) is 5.40. The number of nitro benzene ring substituents is 1. The van der Waals surface area contributed by atoms with Gasteiger partial charge >= 0.3 is 0 Å². The number of rotatable bonds is 4. The number of benzene rings is 1. The third-order valence-corrected chi connectivity index (χ3v) is 2.82. The van der Waals surface area contributed by atoms with Crippen LogP contribution in [0.25, 0.3) is 0 Å². The molecule has 2 aromatic rings. The van der Waals surface area contributed by atoms with E-state index in [0.717, 1.165) is 11.6 Å². The number of anilines is 1. The van der Waals surface area contributed by atoms with Crippen LogP contribution in [-0.2, 0) is 13.6 Å². The van der Waals surface area contributed by atoms with Crippen molar-refractivity contribution in [3.63, 3.8) is 0 Å². The predicted octanol–water partition coefficient (Wildman–Crippen LogP) is 2.56. The Morgan fingerprint density at radius 2 is 2.25 bits per heavy atom. The zero-order chi connectivity index (χ0) is 14.7. The Hall–Kier alpha value is -2.88. The number of nitriles is 1. The summed E-state index contributed by atoms with van der Waals surface area (Å²) in [4.78, 5) is 9.85. The maximum absolute atomic E-state index is 13.6. The molecule has 6 nitrogen and oxygen atoms in total. The third kappa shape index (κ3) is 2.75. The lowest BCUT2D eigenvalue weighted by atomic mass is 10.2. The molecule has 0 aliphatic heterocycles. The minimum atomic E-state index is -0.685. The zero-order valence-corrected chi connectivity index (χ0v) is 10.6. The first-order valence-electron chi connectivity index (χ1n) is 5.74. The van der Waals surface area contributed by atoms with Gasteiger partial charge in [-0.3, -0.25) is 10.1 Å². The van der Waals surface area contributed by atoms with Crippen LogP contribution in [0.15, 0.2) is 30.5 Å². The van der Waals surface area contributed by atoms with Crippen molar-refractivity contribution in [3.05, 3.63) is 57.7 Å². The van der Waals surface area contributed by atoms with Gasteiger partial charge in [0.25, 0.3) is 5.69 Å². The summed E-state index contributed by atoms with van der Waals surface area (Å²) in [7, 11) is 1.74. The fourth-order valence-corrected chi connectivity index (χ4v) is 1.80. The number of aryl methyl sites for hydroxylation is 1. The zero-order valence-electron chi connectivity index (χ0n) is 10.6. The van der Waals surface area contributed by atoms with Gasteiger partial charge in [-0.2, -0.15) is 5.26 Å². The Labute approximate surface area is 114 Å². The Balaban J connectivity index is 2.11. The molecule has 102 valence electrons. The molecule has 7 heteroatoms. The molecule has 1 N–H and O–H groups in total. The highest BCUT2D eigenvalue weighted by Crippen LogP contribution is 2.21. The highest BCUT2D eigenvalue weighted by molar-refractivity contribution is 5.50. The van der Waals surface area contributed by atoms with Crippen LogP contribution in [0.1, 0.15) is 11.3 Å². The summed E-state index contributed by atoms with van der Waals surface area (Å²) in [5.74, 6) is -0.685. The molecule has 20 heavy (non-hydrogen) atoms. The molecule has 0 atom stereocenters. The Kier molecular flexibility index (Phi) is 3.66. The van der Waals surface area contributed by atoms with E-state index in [2.05, 4.69) is 5.32 Å². The van der Waals surface area contributed by atoms with Crippen molar-refractivity contribution in [3.8, 4) is 6.07 Å². The van der Waals surface area contributed by atoms with Gasteiger partial charge in [-0.05, 0) is 17.7 Å². The normalized spacial score (nSPS) is 10.1. The van der Waals surface area contributed by atoms with Gasteiger partial charge in [-0.25, -0.2) is 4.39 Å². The largest absolute Gasteiger partial charge is 0.379 e. The van der Waals surface area contributed by atoms with Crippen molar-refractivity contribution in [2.45, 2.75) is 6.54 Å². The van der Waals surface area contributed by atoms with Crippen molar-refractivity contribution >= 4 is 11.4 Å². The molecule has 0 radical (unpaired) electrons. The lowest BCUT2D eigenvalue weighted by Gasteiger charge is -2.05. The SMILES string of the molecule is Cn1cc(CNc2ccc([N+](=O)[O-])cc2F)cc1C#N. The average Bonchev–Trinajstić information content (AvgIpc) is 2.77. The second-order valence-corrected chi connectivity index (χ2v) is 4.23. The molecular formula is C13H11FN4O2. The van der Waals surface area contributed by atoms with E-state index in [1.807, 2.05) is 6.07 Å². The van der Waals surface area contributed by atoms with E-state index in [4.69, 9.17) is 5.26 Å². The van der Waals surface area contributed by atoms with E-state index in [-0.39, 0.29) is 11.4 Å². The number of hydrogen-bond donors (Lipinski definition) is 1. The highest BCUT2D eigenvalue weighted by atomic mass is 19.1. The molecule has 2 rings (SSSR count). The molecule has 0 aliphatic carbocycles. The smallest absolute Gasteiger partial charge is 0.272 e. The van der Waals surface area contributed by atoms with Gasteiger partial charge in [0.2, 0.25) is 0 Å². The van der Waals surface area contributed by atoms with Gasteiger partial charge in [0.1, 0.15) is 11.8 Å². The van der Waals surface area contributed by atoms with Crippen LogP contribution >= 0.6 is 0 Å². The van der Waals surface area contributed by atoms with E-state index in [1.54, 1.807) is 23.9 Å². The molecular weight excluding hydrogens is 263 g/mol. The summed E-state index contributed by atoms with van der Waals surface area (Å²) in [5.41, 5.74) is 1.21. The molecule has 0 spiro atoms. The van der Waals surface area contributed by atoms with E-state index < -0.39 is 10.7 Å². The topological polar surface area (TPSA) is 83.9 Å². The maximum Gasteiger partial charge on any atom is 0.272 e. The highest BCUT2D eigenvalue weighted by Gasteiger charge is 2.10. The standard InChI is InChI=1S/C13H11FN4O2/c1-17-8-9(4-11(17)6-15)7-16-13-3-2-10(18(19)20)5-12(13)14/h2-5,8,16H,7H2,1H3. The van der Waals surface area contributed by atoms with Crippen molar-refractivity contribution < 1.29 is 9.31 Å². The number of hydrogen-bond acceptors (Lipinski definition) is 4. The Morgan fingerprint density at radius 3 is 2.80 bits per heavy atom. The molecule has 0 fully saturated rings. The van der Waals surface area contributed by atoms with Gasteiger partial charge in [-0.15, -0.1) is 0 Å². The van der Waals surface area contributed by atoms with E-state index in [1.165, 1.54) is 12.1 Å². The lowest BCUT2D eigenvalue weighted by molar-refractivity contribution is -0.385. The molecule has 0 saturated carbocycles. The Bertz CT molecular complexity index is 703. The van der Waals surface area contributed by atoms with Crippen LogP contribution in [0.5, 0.6) is 0 Å². The summed E-state index contributed by atoms with van der Waals surface area (Å²) in [6.07, 6.45) is 1.76. The molecule has 1 aromatic carbocycles. The summed E-state index contributed by atoms with van der Waals surface area (Å²) in [5, 5.41) is 22.2. The monoisotopic (exact) mass is 274 g/mol. The van der Waals surface area contributed by atoms with Crippen LogP contribution < -0.4 is 5.32 Å². The molecule has 1 aromatic heterocycles. The van der Waals surface area contributed by atoms with E-state index in [0.29, 0.717) is 12.2 Å². The number of non-ortho nitro benzene ring substituents is 1. The fourth-order valence-electron chi connectivity index (χ4n) is 1.80. The van der Waals surface area contributed by atoms with E-state index in [9.17, 15) is 14.5 Å². The number of nitro groups is 1. The van der Waals surface area contributed by atoms with Crippen LogP contribution in [0.4, 0.5) is 15.8 Å². The minimum absolute atomic E-state index is 0.179. The molecule has 0 unspecified atom stereocenters. The number of nitrogens with one attached hydrogen (secondary N) is 1. The van der Waals surface area contributed by atoms with Crippen molar-refractivity contribution in [2.75, 3.05) is 5.32 Å². The molecule has 0 bridgehead atoms.